The van der Waals surface area contributed by atoms with Gasteiger partial charge in [-0.05, 0) is 18.7 Å². The Morgan fingerprint density at radius 1 is 1.53 bits per heavy atom. The summed E-state index contributed by atoms with van der Waals surface area (Å²) in [4.78, 5) is 0. The normalized spacial score (nSPS) is 11.2. The molecule has 0 aliphatic heterocycles. The van der Waals surface area contributed by atoms with Crippen LogP contribution in [-0.2, 0) is 13.1 Å². The van der Waals surface area contributed by atoms with Crippen LogP contribution in [0.25, 0.3) is 0 Å². The Kier molecular flexibility index (Phi) is 5.71. The topological polar surface area (TPSA) is 42.7 Å². The number of thioether (sulfide) groups is 1. The second kappa shape index (κ2) is 6.85. The van der Waals surface area contributed by atoms with Gasteiger partial charge in [0, 0.05) is 18.5 Å². The largest absolute Gasteiger partial charge is 0.311 e. The average Bonchev–Trinajstić information content (AvgIpc) is 2.62. The minimum Gasteiger partial charge on any atom is -0.311 e. The van der Waals surface area contributed by atoms with Crippen molar-refractivity contribution in [1.82, 2.24) is 20.3 Å². The molecule has 15 heavy (non-hydrogen) atoms. The highest BCUT2D eigenvalue weighted by atomic mass is 32.2. The number of hydrogen-bond acceptors (Lipinski definition) is 4. The van der Waals surface area contributed by atoms with E-state index in [0.717, 1.165) is 31.1 Å². The highest BCUT2D eigenvalue weighted by molar-refractivity contribution is 7.98. The lowest BCUT2D eigenvalue weighted by Gasteiger charge is -2.04. The zero-order valence-electron chi connectivity index (χ0n) is 9.73. The molecule has 1 N–H and O–H groups in total. The summed E-state index contributed by atoms with van der Waals surface area (Å²) in [7, 11) is 0. The summed E-state index contributed by atoms with van der Waals surface area (Å²) in [5.41, 5.74) is 1.02. The van der Waals surface area contributed by atoms with Crippen LogP contribution in [0.15, 0.2) is 6.20 Å². The SMILES string of the molecule is CSCCn1cc(CNCC(C)C)nn1. The Morgan fingerprint density at radius 2 is 2.33 bits per heavy atom. The summed E-state index contributed by atoms with van der Waals surface area (Å²) in [6.45, 7) is 7.18. The van der Waals surface area contributed by atoms with Gasteiger partial charge in [-0.25, -0.2) is 0 Å². The smallest absolute Gasteiger partial charge is 0.0964 e. The van der Waals surface area contributed by atoms with Crippen LogP contribution in [-0.4, -0.2) is 33.5 Å². The van der Waals surface area contributed by atoms with Gasteiger partial charge in [0.15, 0.2) is 0 Å². The second-order valence-corrected chi connectivity index (χ2v) is 4.98. The predicted molar refractivity (Wildman–Crippen MR) is 64.9 cm³/mol. The molecule has 0 radical (unpaired) electrons. The Balaban J connectivity index is 2.26. The van der Waals surface area contributed by atoms with Gasteiger partial charge in [-0.15, -0.1) is 5.10 Å². The molecular weight excluding hydrogens is 208 g/mol. The van der Waals surface area contributed by atoms with Crippen molar-refractivity contribution < 1.29 is 0 Å². The van der Waals surface area contributed by atoms with Gasteiger partial charge in [0.05, 0.1) is 12.2 Å². The molecule has 0 bridgehead atoms. The molecule has 0 unspecified atom stereocenters. The fourth-order valence-electron chi connectivity index (χ4n) is 1.20. The third-order valence-corrected chi connectivity index (χ3v) is 2.56. The first-order valence-corrected chi connectivity index (χ1v) is 6.70. The highest BCUT2D eigenvalue weighted by Crippen LogP contribution is 1.97. The van der Waals surface area contributed by atoms with E-state index in [0.29, 0.717) is 5.92 Å². The quantitative estimate of drug-likeness (QED) is 0.766. The van der Waals surface area contributed by atoms with Gasteiger partial charge in [0.1, 0.15) is 0 Å². The predicted octanol–water partition coefficient (Wildman–Crippen LogP) is 1.39. The molecule has 0 spiro atoms. The molecule has 0 saturated heterocycles. The molecule has 86 valence electrons. The van der Waals surface area contributed by atoms with Crippen LogP contribution in [0.3, 0.4) is 0 Å². The van der Waals surface area contributed by atoms with Crippen LogP contribution in [0.1, 0.15) is 19.5 Å². The summed E-state index contributed by atoms with van der Waals surface area (Å²) in [5, 5.41) is 11.5. The Labute approximate surface area is 95.8 Å². The fraction of sp³-hybridized carbons (Fsp3) is 0.800. The van der Waals surface area contributed by atoms with E-state index >= 15 is 0 Å². The summed E-state index contributed by atoms with van der Waals surface area (Å²) >= 11 is 1.82. The minimum absolute atomic E-state index is 0.677. The van der Waals surface area contributed by atoms with Crippen molar-refractivity contribution in [2.45, 2.75) is 26.9 Å². The molecule has 4 nitrogen and oxygen atoms in total. The summed E-state index contributed by atoms with van der Waals surface area (Å²) < 4.78 is 1.91. The van der Waals surface area contributed by atoms with E-state index in [2.05, 4.69) is 35.7 Å². The van der Waals surface area contributed by atoms with E-state index in [4.69, 9.17) is 0 Å². The van der Waals surface area contributed by atoms with E-state index in [9.17, 15) is 0 Å². The van der Waals surface area contributed by atoms with E-state index < -0.39 is 0 Å². The van der Waals surface area contributed by atoms with Gasteiger partial charge in [-0.3, -0.25) is 4.68 Å². The maximum atomic E-state index is 4.11. The lowest BCUT2D eigenvalue weighted by atomic mass is 10.2. The van der Waals surface area contributed by atoms with Crippen molar-refractivity contribution in [3.63, 3.8) is 0 Å². The lowest BCUT2D eigenvalue weighted by Crippen LogP contribution is -2.19. The van der Waals surface area contributed by atoms with E-state index in [-0.39, 0.29) is 0 Å². The highest BCUT2D eigenvalue weighted by Gasteiger charge is 2.00. The van der Waals surface area contributed by atoms with Crippen LogP contribution < -0.4 is 5.32 Å². The van der Waals surface area contributed by atoms with Crippen LogP contribution in [0.5, 0.6) is 0 Å². The van der Waals surface area contributed by atoms with Gasteiger partial charge in [-0.1, -0.05) is 19.1 Å². The molecule has 0 amide bonds. The van der Waals surface area contributed by atoms with E-state index in [1.54, 1.807) is 0 Å². The number of hydrogen-bond donors (Lipinski definition) is 1. The molecule has 0 fully saturated rings. The minimum atomic E-state index is 0.677. The number of rotatable bonds is 7. The zero-order chi connectivity index (χ0) is 11.1. The van der Waals surface area contributed by atoms with Crippen molar-refractivity contribution in [1.29, 1.82) is 0 Å². The molecule has 0 aliphatic rings. The molecule has 0 atom stereocenters. The van der Waals surface area contributed by atoms with Crippen molar-refractivity contribution in [3.8, 4) is 0 Å². The summed E-state index contributed by atoms with van der Waals surface area (Å²) in [6.07, 6.45) is 4.12. The number of nitrogens with zero attached hydrogens (tertiary/aromatic N) is 3. The van der Waals surface area contributed by atoms with Crippen molar-refractivity contribution in [2.75, 3.05) is 18.6 Å². The molecule has 1 aromatic rings. The van der Waals surface area contributed by atoms with Crippen molar-refractivity contribution in [2.24, 2.45) is 5.92 Å². The molecule has 5 heteroatoms. The second-order valence-electron chi connectivity index (χ2n) is 3.99. The fourth-order valence-corrected chi connectivity index (χ4v) is 1.57. The maximum absolute atomic E-state index is 4.11. The first-order valence-electron chi connectivity index (χ1n) is 5.31. The van der Waals surface area contributed by atoms with E-state index in [1.807, 2.05) is 22.6 Å². The van der Waals surface area contributed by atoms with Crippen LogP contribution in [0, 0.1) is 5.92 Å². The molecule has 0 aromatic carbocycles. The van der Waals surface area contributed by atoms with E-state index in [1.165, 1.54) is 0 Å². The summed E-state index contributed by atoms with van der Waals surface area (Å²) in [5.74, 6) is 1.76. The standard InChI is InChI=1S/C10H20N4S/c1-9(2)6-11-7-10-8-14(13-12-10)4-5-15-3/h8-9,11H,4-7H2,1-3H3. The Hall–Kier alpha value is -0.550. The molecule has 1 rings (SSSR count). The number of aryl methyl sites for hydroxylation is 1. The third kappa shape index (κ3) is 5.18. The van der Waals surface area contributed by atoms with Crippen molar-refractivity contribution >= 4 is 11.8 Å². The van der Waals surface area contributed by atoms with Crippen molar-refractivity contribution in [3.05, 3.63) is 11.9 Å². The molecular formula is C10H20N4S. The van der Waals surface area contributed by atoms with Gasteiger partial charge in [-0.2, -0.15) is 11.8 Å². The van der Waals surface area contributed by atoms with Gasteiger partial charge >= 0.3 is 0 Å². The van der Waals surface area contributed by atoms with Gasteiger partial charge in [0.25, 0.3) is 0 Å². The summed E-state index contributed by atoms with van der Waals surface area (Å²) in [6, 6.07) is 0. The Morgan fingerprint density at radius 3 is 3.00 bits per heavy atom. The average molecular weight is 228 g/mol. The van der Waals surface area contributed by atoms with Crippen LogP contribution in [0.4, 0.5) is 0 Å². The molecule has 0 saturated carbocycles. The molecule has 0 aliphatic carbocycles. The van der Waals surface area contributed by atoms with Gasteiger partial charge in [0.2, 0.25) is 0 Å². The number of nitrogens with one attached hydrogen (secondary N) is 1. The lowest BCUT2D eigenvalue weighted by molar-refractivity contribution is 0.548. The van der Waals surface area contributed by atoms with Crippen LogP contribution >= 0.6 is 11.8 Å². The third-order valence-electron chi connectivity index (χ3n) is 1.97. The van der Waals surface area contributed by atoms with Crippen LogP contribution in [0.2, 0.25) is 0 Å². The number of aromatic nitrogens is 3. The Bertz CT molecular complexity index is 272. The first-order chi connectivity index (χ1) is 7.22. The maximum Gasteiger partial charge on any atom is 0.0964 e. The molecule has 1 heterocycles. The van der Waals surface area contributed by atoms with Gasteiger partial charge < -0.3 is 5.32 Å². The zero-order valence-corrected chi connectivity index (χ0v) is 10.5. The first kappa shape index (κ1) is 12.5. The molecule has 1 aromatic heterocycles. The monoisotopic (exact) mass is 228 g/mol.